The molecule has 2 rings (SSSR count). The Kier molecular flexibility index (Phi) is 5.02. The molecule has 0 aromatic heterocycles. The molecule has 0 amide bonds. The van der Waals surface area contributed by atoms with Crippen LogP contribution >= 0.6 is 27.7 Å². The second-order valence-electron chi connectivity index (χ2n) is 4.49. The Hall–Kier alpha value is -0.840. The molecule has 100 valence electrons. The fourth-order valence-corrected chi connectivity index (χ4v) is 3.20. The molecule has 1 atom stereocenters. The second kappa shape index (κ2) is 6.55. The minimum Gasteiger partial charge on any atom is -0.328 e. The summed E-state index contributed by atoms with van der Waals surface area (Å²) < 4.78 is 14.2. The molecule has 4 heteroatoms. The van der Waals surface area contributed by atoms with Gasteiger partial charge in [-0.05, 0) is 55.3 Å². The zero-order chi connectivity index (χ0) is 13.8. The molecule has 0 aliphatic carbocycles. The summed E-state index contributed by atoms with van der Waals surface area (Å²) in [6.45, 7) is 1.98. The van der Waals surface area contributed by atoms with Crippen LogP contribution in [0.15, 0.2) is 56.7 Å². The lowest BCUT2D eigenvalue weighted by molar-refractivity contribution is 0.624. The summed E-state index contributed by atoms with van der Waals surface area (Å²) in [5.74, 6) is -0.212. The number of nitrogens with two attached hydrogens (primary N) is 1. The molecular formula is C15H15BrFNS. The standard InChI is InChI=1S/C15H15BrFNS/c1-10(18)7-11-8-12(16)5-6-15(11)19-14-4-2-3-13(17)9-14/h2-6,8-10H,7,18H2,1H3. The predicted molar refractivity (Wildman–Crippen MR) is 82.0 cm³/mol. The van der Waals surface area contributed by atoms with Crippen molar-refractivity contribution in [3.63, 3.8) is 0 Å². The highest BCUT2D eigenvalue weighted by atomic mass is 79.9. The molecule has 0 heterocycles. The van der Waals surface area contributed by atoms with Crippen LogP contribution in [-0.4, -0.2) is 6.04 Å². The van der Waals surface area contributed by atoms with Crippen molar-refractivity contribution in [2.75, 3.05) is 0 Å². The van der Waals surface area contributed by atoms with Gasteiger partial charge in [0.2, 0.25) is 0 Å². The van der Waals surface area contributed by atoms with E-state index in [-0.39, 0.29) is 11.9 Å². The lowest BCUT2D eigenvalue weighted by atomic mass is 10.1. The summed E-state index contributed by atoms with van der Waals surface area (Å²) in [4.78, 5) is 2.01. The Bertz CT molecular complexity index is 572. The largest absolute Gasteiger partial charge is 0.328 e. The van der Waals surface area contributed by atoms with E-state index < -0.39 is 0 Å². The maximum atomic E-state index is 13.2. The van der Waals surface area contributed by atoms with Gasteiger partial charge in [-0.25, -0.2) is 4.39 Å². The minimum atomic E-state index is -0.212. The summed E-state index contributed by atoms with van der Waals surface area (Å²) in [6.07, 6.45) is 0.803. The molecule has 0 aliphatic rings. The van der Waals surface area contributed by atoms with E-state index in [1.165, 1.54) is 11.6 Å². The second-order valence-corrected chi connectivity index (χ2v) is 6.52. The smallest absolute Gasteiger partial charge is 0.124 e. The monoisotopic (exact) mass is 339 g/mol. The van der Waals surface area contributed by atoms with E-state index >= 15 is 0 Å². The number of halogens is 2. The van der Waals surface area contributed by atoms with Gasteiger partial charge in [-0.1, -0.05) is 33.8 Å². The number of benzene rings is 2. The van der Waals surface area contributed by atoms with E-state index in [1.807, 2.05) is 25.1 Å². The van der Waals surface area contributed by atoms with E-state index in [9.17, 15) is 4.39 Å². The summed E-state index contributed by atoms with van der Waals surface area (Å²) in [7, 11) is 0. The van der Waals surface area contributed by atoms with Gasteiger partial charge in [0.25, 0.3) is 0 Å². The highest BCUT2D eigenvalue weighted by molar-refractivity contribution is 9.10. The minimum absolute atomic E-state index is 0.0983. The molecule has 1 nitrogen and oxygen atoms in total. The topological polar surface area (TPSA) is 26.0 Å². The summed E-state index contributed by atoms with van der Waals surface area (Å²) >= 11 is 5.04. The van der Waals surface area contributed by atoms with Crippen LogP contribution in [-0.2, 0) is 6.42 Å². The summed E-state index contributed by atoms with van der Waals surface area (Å²) in [6, 6.07) is 12.8. The van der Waals surface area contributed by atoms with Crippen LogP contribution in [0.2, 0.25) is 0 Å². The third kappa shape index (κ3) is 4.34. The zero-order valence-corrected chi connectivity index (χ0v) is 13.0. The normalized spacial score (nSPS) is 12.4. The van der Waals surface area contributed by atoms with Gasteiger partial charge in [-0.3, -0.25) is 0 Å². The van der Waals surface area contributed by atoms with Crippen molar-refractivity contribution in [1.82, 2.24) is 0 Å². The van der Waals surface area contributed by atoms with Crippen LogP contribution in [0.1, 0.15) is 12.5 Å². The molecular weight excluding hydrogens is 325 g/mol. The first-order valence-electron chi connectivity index (χ1n) is 6.02. The predicted octanol–water partition coefficient (Wildman–Crippen LogP) is 4.63. The third-order valence-corrected chi connectivity index (χ3v) is 4.19. The van der Waals surface area contributed by atoms with Crippen molar-refractivity contribution in [3.8, 4) is 0 Å². The van der Waals surface area contributed by atoms with Gasteiger partial charge in [0, 0.05) is 20.3 Å². The molecule has 0 saturated carbocycles. The molecule has 0 aliphatic heterocycles. The first-order valence-corrected chi connectivity index (χ1v) is 7.63. The highest BCUT2D eigenvalue weighted by Crippen LogP contribution is 2.32. The van der Waals surface area contributed by atoms with Gasteiger partial charge < -0.3 is 5.73 Å². The van der Waals surface area contributed by atoms with E-state index in [4.69, 9.17) is 5.73 Å². The van der Waals surface area contributed by atoms with Crippen molar-refractivity contribution >= 4 is 27.7 Å². The van der Waals surface area contributed by atoms with Gasteiger partial charge in [0.05, 0.1) is 0 Å². The summed E-state index contributed by atoms with van der Waals surface area (Å²) in [5, 5.41) is 0. The maximum absolute atomic E-state index is 13.2. The van der Waals surface area contributed by atoms with Crippen LogP contribution in [0.5, 0.6) is 0 Å². The lowest BCUT2D eigenvalue weighted by Gasteiger charge is -2.12. The Morgan fingerprint density at radius 3 is 2.74 bits per heavy atom. The van der Waals surface area contributed by atoms with Crippen LogP contribution in [0.3, 0.4) is 0 Å². The molecule has 1 unspecified atom stereocenters. The number of hydrogen-bond donors (Lipinski definition) is 1. The molecule has 2 aromatic rings. The van der Waals surface area contributed by atoms with Gasteiger partial charge in [-0.2, -0.15) is 0 Å². The molecule has 19 heavy (non-hydrogen) atoms. The highest BCUT2D eigenvalue weighted by Gasteiger charge is 2.08. The van der Waals surface area contributed by atoms with Crippen molar-refractivity contribution in [2.45, 2.75) is 29.2 Å². The van der Waals surface area contributed by atoms with Crippen LogP contribution in [0, 0.1) is 5.82 Å². The van der Waals surface area contributed by atoms with Crippen LogP contribution in [0.4, 0.5) is 4.39 Å². The Balaban J connectivity index is 2.28. The average Bonchev–Trinajstić information content (AvgIpc) is 2.32. The molecule has 0 radical (unpaired) electrons. The van der Waals surface area contributed by atoms with Gasteiger partial charge in [-0.15, -0.1) is 0 Å². The summed E-state index contributed by atoms with van der Waals surface area (Å²) in [5.41, 5.74) is 7.06. The Labute approximate surface area is 125 Å². The fourth-order valence-electron chi connectivity index (χ4n) is 1.81. The van der Waals surface area contributed by atoms with Crippen molar-refractivity contribution in [2.24, 2.45) is 5.73 Å². The molecule has 0 bridgehead atoms. The lowest BCUT2D eigenvalue weighted by Crippen LogP contribution is -2.18. The quantitative estimate of drug-likeness (QED) is 0.878. The number of rotatable bonds is 4. The molecule has 0 saturated heterocycles. The van der Waals surface area contributed by atoms with Gasteiger partial charge in [0.1, 0.15) is 5.82 Å². The zero-order valence-electron chi connectivity index (χ0n) is 10.6. The van der Waals surface area contributed by atoms with Crippen molar-refractivity contribution < 1.29 is 4.39 Å². The van der Waals surface area contributed by atoms with E-state index in [0.29, 0.717) is 0 Å². The first-order chi connectivity index (χ1) is 9.04. The van der Waals surface area contributed by atoms with Gasteiger partial charge >= 0.3 is 0 Å². The third-order valence-electron chi connectivity index (χ3n) is 2.59. The van der Waals surface area contributed by atoms with E-state index in [1.54, 1.807) is 23.9 Å². The van der Waals surface area contributed by atoms with Crippen molar-refractivity contribution in [1.29, 1.82) is 0 Å². The van der Waals surface area contributed by atoms with Gasteiger partial charge in [0.15, 0.2) is 0 Å². The maximum Gasteiger partial charge on any atom is 0.124 e. The van der Waals surface area contributed by atoms with Crippen molar-refractivity contribution in [3.05, 3.63) is 58.3 Å². The molecule has 2 N–H and O–H groups in total. The van der Waals surface area contributed by atoms with Crippen LogP contribution in [0.25, 0.3) is 0 Å². The molecule has 2 aromatic carbocycles. The van der Waals surface area contributed by atoms with Crippen LogP contribution < -0.4 is 5.73 Å². The molecule has 0 fully saturated rings. The molecule has 0 spiro atoms. The SMILES string of the molecule is CC(N)Cc1cc(Br)ccc1Sc1cccc(F)c1. The van der Waals surface area contributed by atoms with E-state index in [2.05, 4.69) is 22.0 Å². The fraction of sp³-hybridized carbons (Fsp3) is 0.200. The number of hydrogen-bond acceptors (Lipinski definition) is 2. The van der Waals surface area contributed by atoms with E-state index in [0.717, 1.165) is 20.7 Å². The average molecular weight is 340 g/mol. The first kappa shape index (κ1) is 14.6. The Morgan fingerprint density at radius 2 is 2.05 bits per heavy atom. The Morgan fingerprint density at radius 1 is 1.26 bits per heavy atom.